The van der Waals surface area contributed by atoms with Crippen LogP contribution in [-0.4, -0.2) is 31.2 Å². The van der Waals surface area contributed by atoms with Gasteiger partial charge in [0.05, 0.1) is 17.9 Å². The Hall–Kier alpha value is -2.80. The van der Waals surface area contributed by atoms with Crippen molar-refractivity contribution in [2.75, 3.05) is 23.8 Å². The number of aryl methyl sites for hydroxylation is 1. The number of hydrogen-bond acceptors (Lipinski definition) is 4. The summed E-state index contributed by atoms with van der Waals surface area (Å²) in [5.74, 6) is 0.333. The molecule has 1 aromatic heterocycles. The van der Waals surface area contributed by atoms with E-state index in [0.29, 0.717) is 29.2 Å². The van der Waals surface area contributed by atoms with Crippen LogP contribution in [0.2, 0.25) is 0 Å². The smallest absolute Gasteiger partial charge is 0.319 e. The summed E-state index contributed by atoms with van der Waals surface area (Å²) in [5.41, 5.74) is 1.77. The standard InChI is InChI=1S/C18H21N3O4/c1-12-16(8-10-24-12)17(22)20-13-4-6-14(7-5-13)21-18(23)19-11-15-3-2-9-25-15/h4-8,10,15H,2-3,9,11H2,1H3,(H,20,22)(H2,19,21,23)/t15-/m1/s1. The Balaban J connectivity index is 1.49. The third-order valence-corrected chi connectivity index (χ3v) is 4.02. The quantitative estimate of drug-likeness (QED) is 0.777. The van der Waals surface area contributed by atoms with Gasteiger partial charge in [-0.2, -0.15) is 0 Å². The van der Waals surface area contributed by atoms with Crippen LogP contribution in [0, 0.1) is 6.92 Å². The molecule has 7 nitrogen and oxygen atoms in total. The van der Waals surface area contributed by atoms with E-state index in [0.717, 1.165) is 19.4 Å². The van der Waals surface area contributed by atoms with Crippen molar-refractivity contribution in [3.05, 3.63) is 47.9 Å². The topological polar surface area (TPSA) is 92.6 Å². The Morgan fingerprint density at radius 3 is 2.44 bits per heavy atom. The summed E-state index contributed by atoms with van der Waals surface area (Å²) in [6.45, 7) is 3.00. The van der Waals surface area contributed by atoms with E-state index in [9.17, 15) is 9.59 Å². The molecule has 3 N–H and O–H groups in total. The molecule has 25 heavy (non-hydrogen) atoms. The minimum atomic E-state index is -0.277. The van der Waals surface area contributed by atoms with Crippen LogP contribution in [0.1, 0.15) is 29.0 Å². The third-order valence-electron chi connectivity index (χ3n) is 4.02. The Morgan fingerprint density at radius 2 is 1.84 bits per heavy atom. The Morgan fingerprint density at radius 1 is 1.12 bits per heavy atom. The van der Waals surface area contributed by atoms with Crippen molar-refractivity contribution in [3.63, 3.8) is 0 Å². The SMILES string of the molecule is Cc1occc1C(=O)Nc1ccc(NC(=O)NC[C@H]2CCCO2)cc1. The third kappa shape index (κ3) is 4.60. The molecular weight excluding hydrogens is 322 g/mol. The number of anilines is 2. The van der Waals surface area contributed by atoms with Crippen molar-refractivity contribution in [3.8, 4) is 0 Å². The monoisotopic (exact) mass is 343 g/mol. The maximum Gasteiger partial charge on any atom is 0.319 e. The van der Waals surface area contributed by atoms with Crippen LogP contribution < -0.4 is 16.0 Å². The molecular formula is C18H21N3O4. The predicted molar refractivity (Wildman–Crippen MR) is 93.8 cm³/mol. The van der Waals surface area contributed by atoms with Crippen molar-refractivity contribution in [2.24, 2.45) is 0 Å². The second-order valence-electron chi connectivity index (χ2n) is 5.89. The van der Waals surface area contributed by atoms with Crippen LogP contribution in [0.4, 0.5) is 16.2 Å². The van der Waals surface area contributed by atoms with Gasteiger partial charge >= 0.3 is 6.03 Å². The zero-order valence-corrected chi connectivity index (χ0v) is 14.0. The summed E-state index contributed by atoms with van der Waals surface area (Å²) in [6, 6.07) is 8.25. The molecule has 0 spiro atoms. The first-order valence-electron chi connectivity index (χ1n) is 8.24. The van der Waals surface area contributed by atoms with Crippen molar-refractivity contribution in [2.45, 2.75) is 25.9 Å². The average molecular weight is 343 g/mol. The van der Waals surface area contributed by atoms with Gasteiger partial charge in [0, 0.05) is 24.5 Å². The molecule has 0 aliphatic carbocycles. The molecule has 7 heteroatoms. The number of ether oxygens (including phenoxy) is 1. The number of rotatable bonds is 5. The molecule has 1 aliphatic heterocycles. The first-order valence-corrected chi connectivity index (χ1v) is 8.24. The number of urea groups is 1. The zero-order valence-electron chi connectivity index (χ0n) is 14.0. The largest absolute Gasteiger partial charge is 0.469 e. The molecule has 0 bridgehead atoms. The van der Waals surface area contributed by atoms with Crippen molar-refractivity contribution in [1.29, 1.82) is 0 Å². The van der Waals surface area contributed by atoms with E-state index in [1.165, 1.54) is 6.26 Å². The molecule has 0 radical (unpaired) electrons. The first kappa shape index (κ1) is 17.0. The van der Waals surface area contributed by atoms with Gasteiger partial charge in [0.15, 0.2) is 0 Å². The molecule has 2 aromatic rings. The predicted octanol–water partition coefficient (Wildman–Crippen LogP) is 3.14. The summed E-state index contributed by atoms with van der Waals surface area (Å²) in [5, 5.41) is 8.32. The summed E-state index contributed by atoms with van der Waals surface area (Å²) in [7, 11) is 0. The normalized spacial score (nSPS) is 16.4. The Labute approximate surface area is 145 Å². The van der Waals surface area contributed by atoms with Gasteiger partial charge in [-0.15, -0.1) is 0 Å². The lowest BCUT2D eigenvalue weighted by molar-refractivity contribution is 0.102. The lowest BCUT2D eigenvalue weighted by Crippen LogP contribution is -2.35. The molecule has 0 saturated carbocycles. The number of nitrogens with one attached hydrogen (secondary N) is 3. The molecule has 1 aliphatic rings. The van der Waals surface area contributed by atoms with E-state index in [-0.39, 0.29) is 18.0 Å². The minimum absolute atomic E-state index is 0.106. The maximum absolute atomic E-state index is 12.1. The molecule has 3 rings (SSSR count). The molecule has 1 atom stereocenters. The molecule has 1 saturated heterocycles. The van der Waals surface area contributed by atoms with E-state index in [1.807, 2.05) is 0 Å². The van der Waals surface area contributed by atoms with E-state index >= 15 is 0 Å². The molecule has 2 heterocycles. The van der Waals surface area contributed by atoms with E-state index < -0.39 is 0 Å². The minimum Gasteiger partial charge on any atom is -0.469 e. The number of carbonyl (C=O) groups excluding carboxylic acids is 2. The fourth-order valence-corrected chi connectivity index (χ4v) is 2.64. The van der Waals surface area contributed by atoms with Gasteiger partial charge in [0.25, 0.3) is 5.91 Å². The van der Waals surface area contributed by atoms with Crippen LogP contribution in [0.25, 0.3) is 0 Å². The Bertz CT molecular complexity index is 733. The highest BCUT2D eigenvalue weighted by atomic mass is 16.5. The van der Waals surface area contributed by atoms with Crippen molar-refractivity contribution in [1.82, 2.24) is 5.32 Å². The van der Waals surface area contributed by atoms with E-state index in [2.05, 4.69) is 16.0 Å². The summed E-state index contributed by atoms with van der Waals surface area (Å²) < 4.78 is 10.6. The highest BCUT2D eigenvalue weighted by Gasteiger charge is 2.16. The molecule has 1 fully saturated rings. The van der Waals surface area contributed by atoms with Gasteiger partial charge in [-0.05, 0) is 50.1 Å². The maximum atomic E-state index is 12.1. The van der Waals surface area contributed by atoms with Gasteiger partial charge in [-0.25, -0.2) is 4.79 Å². The van der Waals surface area contributed by atoms with Gasteiger partial charge in [-0.1, -0.05) is 0 Å². The second-order valence-corrected chi connectivity index (χ2v) is 5.89. The number of furan rings is 1. The fourth-order valence-electron chi connectivity index (χ4n) is 2.64. The number of hydrogen-bond donors (Lipinski definition) is 3. The highest BCUT2D eigenvalue weighted by Crippen LogP contribution is 2.16. The van der Waals surface area contributed by atoms with E-state index in [1.54, 1.807) is 37.3 Å². The average Bonchev–Trinajstić information content (AvgIpc) is 3.26. The van der Waals surface area contributed by atoms with Gasteiger partial charge < -0.3 is 25.1 Å². The first-order chi connectivity index (χ1) is 12.1. The second kappa shape index (κ2) is 7.85. The van der Waals surface area contributed by atoms with E-state index in [4.69, 9.17) is 9.15 Å². The number of carbonyl (C=O) groups is 2. The van der Waals surface area contributed by atoms with Crippen LogP contribution in [-0.2, 0) is 4.74 Å². The van der Waals surface area contributed by atoms with Crippen LogP contribution in [0.15, 0.2) is 41.0 Å². The lowest BCUT2D eigenvalue weighted by Gasteiger charge is -2.12. The van der Waals surface area contributed by atoms with Crippen LogP contribution in [0.3, 0.4) is 0 Å². The highest BCUT2D eigenvalue weighted by molar-refractivity contribution is 6.05. The fraction of sp³-hybridized carbons (Fsp3) is 0.333. The van der Waals surface area contributed by atoms with Crippen LogP contribution in [0.5, 0.6) is 0 Å². The number of benzene rings is 1. The van der Waals surface area contributed by atoms with Gasteiger partial charge in [-0.3, -0.25) is 4.79 Å². The lowest BCUT2D eigenvalue weighted by atomic mass is 10.2. The molecule has 3 amide bonds. The van der Waals surface area contributed by atoms with Gasteiger partial charge in [0.2, 0.25) is 0 Å². The number of amides is 3. The molecule has 132 valence electrons. The van der Waals surface area contributed by atoms with Gasteiger partial charge in [0.1, 0.15) is 5.76 Å². The summed E-state index contributed by atoms with van der Waals surface area (Å²) in [6.07, 6.45) is 3.60. The summed E-state index contributed by atoms with van der Waals surface area (Å²) >= 11 is 0. The molecule has 1 aromatic carbocycles. The van der Waals surface area contributed by atoms with Crippen molar-refractivity contribution >= 4 is 23.3 Å². The van der Waals surface area contributed by atoms with Crippen LogP contribution >= 0.6 is 0 Å². The van der Waals surface area contributed by atoms with Crippen molar-refractivity contribution < 1.29 is 18.7 Å². The Kier molecular flexibility index (Phi) is 5.35. The summed E-state index contributed by atoms with van der Waals surface area (Å²) in [4.78, 5) is 24.0. The molecule has 0 unspecified atom stereocenters. The zero-order chi connectivity index (χ0) is 17.6.